The lowest BCUT2D eigenvalue weighted by molar-refractivity contribution is -0.0372. The van der Waals surface area contributed by atoms with Crippen LogP contribution in [0, 0.1) is 18.8 Å². The van der Waals surface area contributed by atoms with Crippen molar-refractivity contribution in [1.82, 2.24) is 15.2 Å². The van der Waals surface area contributed by atoms with Gasteiger partial charge in [-0.05, 0) is 38.0 Å². The van der Waals surface area contributed by atoms with E-state index in [1.54, 1.807) is 11.3 Å². The summed E-state index contributed by atoms with van der Waals surface area (Å²) < 4.78 is 0. The number of hydrogen-bond acceptors (Lipinski definition) is 5. The molecule has 4 unspecified atom stereocenters. The first kappa shape index (κ1) is 16.7. The quantitative estimate of drug-likeness (QED) is 0.719. The fourth-order valence-electron chi connectivity index (χ4n) is 3.64. The summed E-state index contributed by atoms with van der Waals surface area (Å²) in [4.78, 5) is 18.5. The Morgan fingerprint density at radius 1 is 1.35 bits per heavy atom. The normalized spacial score (nSPS) is 30.3. The highest BCUT2D eigenvalue weighted by Crippen LogP contribution is 2.36. The van der Waals surface area contributed by atoms with Crippen LogP contribution in [0.25, 0.3) is 0 Å². The number of urea groups is 1. The third-order valence-electron chi connectivity index (χ3n) is 4.91. The fraction of sp³-hybridized carbons (Fsp3) is 0.750. The second kappa shape index (κ2) is 7.15. The Balaban J connectivity index is 1.39. The van der Waals surface area contributed by atoms with Crippen LogP contribution in [0.4, 0.5) is 4.79 Å². The molecular formula is C16H25N3O3S. The van der Waals surface area contributed by atoms with Gasteiger partial charge in [0.15, 0.2) is 0 Å². The Morgan fingerprint density at radius 2 is 2.00 bits per heavy atom. The molecule has 1 saturated heterocycles. The van der Waals surface area contributed by atoms with Gasteiger partial charge in [0, 0.05) is 37.1 Å². The fourth-order valence-corrected chi connectivity index (χ4v) is 4.46. The molecule has 1 aliphatic heterocycles. The van der Waals surface area contributed by atoms with Crippen molar-refractivity contribution < 1.29 is 15.0 Å². The smallest absolute Gasteiger partial charge is 0.317 e. The second-order valence-corrected chi connectivity index (χ2v) is 7.69. The van der Waals surface area contributed by atoms with Crippen LogP contribution in [-0.4, -0.2) is 58.0 Å². The number of amides is 2. The molecule has 0 spiro atoms. The highest BCUT2D eigenvalue weighted by molar-refractivity contribution is 7.09. The third-order valence-corrected chi connectivity index (χ3v) is 5.93. The van der Waals surface area contributed by atoms with Gasteiger partial charge in [0.25, 0.3) is 0 Å². The standard InChI is InChI=1S/C16H25N3O3S/c1-10-9-23-15(18-10)3-2-4-17-16(22)19-7-11-5-13(20)14(21)6-12(11)8-19/h9,11-14,20-21H,2-8H2,1H3,(H,17,22). The molecule has 3 rings (SSSR count). The first-order chi connectivity index (χ1) is 11.0. The van der Waals surface area contributed by atoms with Gasteiger partial charge in [-0.15, -0.1) is 11.3 Å². The summed E-state index contributed by atoms with van der Waals surface area (Å²) in [5.41, 5.74) is 1.05. The maximum Gasteiger partial charge on any atom is 0.317 e. The van der Waals surface area contributed by atoms with E-state index in [1.807, 2.05) is 17.2 Å². The van der Waals surface area contributed by atoms with Gasteiger partial charge < -0.3 is 20.4 Å². The molecule has 4 atom stereocenters. The number of aliphatic hydroxyl groups excluding tert-OH is 2. The summed E-state index contributed by atoms with van der Waals surface area (Å²) in [5, 5.41) is 25.7. The Kier molecular flexibility index (Phi) is 5.18. The number of nitrogens with zero attached hydrogens (tertiary/aromatic N) is 2. The van der Waals surface area contributed by atoms with E-state index in [9.17, 15) is 15.0 Å². The number of fused-ring (bicyclic) bond motifs is 1. The SMILES string of the molecule is Cc1csc(CCCNC(=O)N2CC3CC(O)C(O)CC3C2)n1. The molecule has 1 aromatic heterocycles. The van der Waals surface area contributed by atoms with Crippen LogP contribution in [0.3, 0.4) is 0 Å². The highest BCUT2D eigenvalue weighted by atomic mass is 32.1. The van der Waals surface area contributed by atoms with Crippen molar-refractivity contribution in [1.29, 1.82) is 0 Å². The summed E-state index contributed by atoms with van der Waals surface area (Å²) in [6.07, 6.45) is 1.69. The highest BCUT2D eigenvalue weighted by Gasteiger charge is 2.42. The van der Waals surface area contributed by atoms with Crippen molar-refractivity contribution in [2.24, 2.45) is 11.8 Å². The number of carbonyl (C=O) groups excluding carboxylic acids is 1. The van der Waals surface area contributed by atoms with Crippen molar-refractivity contribution in [3.05, 3.63) is 16.1 Å². The minimum atomic E-state index is -0.638. The lowest BCUT2D eigenvalue weighted by atomic mass is 9.79. The van der Waals surface area contributed by atoms with Gasteiger partial charge in [-0.1, -0.05) is 0 Å². The van der Waals surface area contributed by atoms with Gasteiger partial charge in [0.1, 0.15) is 0 Å². The lowest BCUT2D eigenvalue weighted by Gasteiger charge is -2.31. The zero-order valence-electron chi connectivity index (χ0n) is 13.4. The number of hydrogen-bond donors (Lipinski definition) is 3. The molecule has 1 aliphatic carbocycles. The van der Waals surface area contributed by atoms with Crippen molar-refractivity contribution in [2.75, 3.05) is 19.6 Å². The molecule has 23 heavy (non-hydrogen) atoms. The summed E-state index contributed by atoms with van der Waals surface area (Å²) in [6.45, 7) is 4.01. The summed E-state index contributed by atoms with van der Waals surface area (Å²) in [7, 11) is 0. The van der Waals surface area contributed by atoms with Crippen LogP contribution in [0.5, 0.6) is 0 Å². The Morgan fingerprint density at radius 3 is 2.57 bits per heavy atom. The predicted octanol–water partition coefficient (Wildman–Crippen LogP) is 1.16. The topological polar surface area (TPSA) is 85.7 Å². The monoisotopic (exact) mass is 339 g/mol. The second-order valence-electron chi connectivity index (χ2n) is 6.75. The van der Waals surface area contributed by atoms with Crippen molar-refractivity contribution in [3.8, 4) is 0 Å². The average molecular weight is 339 g/mol. The zero-order valence-corrected chi connectivity index (χ0v) is 14.3. The van der Waals surface area contributed by atoms with Crippen LogP contribution < -0.4 is 5.32 Å². The molecule has 2 amide bonds. The minimum Gasteiger partial charge on any atom is -0.390 e. The van der Waals surface area contributed by atoms with Crippen LogP contribution in [0.15, 0.2) is 5.38 Å². The van der Waals surface area contributed by atoms with Gasteiger partial charge >= 0.3 is 6.03 Å². The molecule has 0 radical (unpaired) electrons. The van der Waals surface area contributed by atoms with Crippen LogP contribution in [0.1, 0.15) is 30.0 Å². The van der Waals surface area contributed by atoms with E-state index in [-0.39, 0.29) is 6.03 Å². The third kappa shape index (κ3) is 4.02. The average Bonchev–Trinajstić information content (AvgIpc) is 3.10. The van der Waals surface area contributed by atoms with E-state index in [2.05, 4.69) is 10.3 Å². The molecule has 7 heteroatoms. The van der Waals surface area contributed by atoms with Gasteiger partial charge in [-0.3, -0.25) is 0 Å². The van der Waals surface area contributed by atoms with Crippen molar-refractivity contribution in [3.63, 3.8) is 0 Å². The number of carbonyl (C=O) groups is 1. The Bertz CT molecular complexity index is 532. The van der Waals surface area contributed by atoms with E-state index in [1.165, 1.54) is 0 Å². The molecule has 0 bridgehead atoms. The summed E-state index contributed by atoms with van der Waals surface area (Å²) in [6, 6.07) is -0.0290. The van der Waals surface area contributed by atoms with E-state index < -0.39 is 12.2 Å². The first-order valence-corrected chi connectivity index (χ1v) is 9.21. The van der Waals surface area contributed by atoms with E-state index >= 15 is 0 Å². The van der Waals surface area contributed by atoms with Gasteiger partial charge in [0.05, 0.1) is 17.2 Å². The van der Waals surface area contributed by atoms with Gasteiger partial charge in [-0.25, -0.2) is 9.78 Å². The number of thiazole rings is 1. The van der Waals surface area contributed by atoms with Crippen LogP contribution in [-0.2, 0) is 6.42 Å². The molecule has 2 heterocycles. The molecule has 1 aromatic rings. The predicted molar refractivity (Wildman–Crippen MR) is 88.4 cm³/mol. The zero-order chi connectivity index (χ0) is 16.4. The van der Waals surface area contributed by atoms with Crippen molar-refractivity contribution in [2.45, 2.75) is 44.8 Å². The number of aliphatic hydroxyl groups is 2. The van der Waals surface area contributed by atoms with Gasteiger partial charge in [0.2, 0.25) is 0 Å². The lowest BCUT2D eigenvalue weighted by Crippen LogP contribution is -2.39. The molecule has 2 fully saturated rings. The number of aryl methyl sites for hydroxylation is 2. The van der Waals surface area contributed by atoms with E-state index in [0.29, 0.717) is 44.3 Å². The molecule has 3 N–H and O–H groups in total. The van der Waals surface area contributed by atoms with E-state index in [4.69, 9.17) is 0 Å². The molecular weight excluding hydrogens is 314 g/mol. The molecule has 128 valence electrons. The number of likely N-dealkylation sites (tertiary alicyclic amines) is 1. The summed E-state index contributed by atoms with van der Waals surface area (Å²) in [5.74, 6) is 0.634. The van der Waals surface area contributed by atoms with Gasteiger partial charge in [-0.2, -0.15) is 0 Å². The molecule has 1 saturated carbocycles. The number of nitrogens with one attached hydrogen (secondary N) is 1. The number of aromatic nitrogens is 1. The van der Waals surface area contributed by atoms with Crippen molar-refractivity contribution >= 4 is 17.4 Å². The molecule has 6 nitrogen and oxygen atoms in total. The maximum absolute atomic E-state index is 12.2. The Labute approximate surface area is 140 Å². The summed E-state index contributed by atoms with van der Waals surface area (Å²) >= 11 is 1.67. The largest absolute Gasteiger partial charge is 0.390 e. The molecule has 0 aromatic carbocycles. The number of rotatable bonds is 4. The van der Waals surface area contributed by atoms with E-state index in [0.717, 1.165) is 23.5 Å². The van der Waals surface area contributed by atoms with Crippen LogP contribution in [0.2, 0.25) is 0 Å². The Hall–Kier alpha value is -1.18. The molecule has 2 aliphatic rings. The first-order valence-electron chi connectivity index (χ1n) is 8.33. The van der Waals surface area contributed by atoms with Crippen LogP contribution >= 0.6 is 11.3 Å². The minimum absolute atomic E-state index is 0.0290. The maximum atomic E-state index is 12.2.